The van der Waals surface area contributed by atoms with Crippen LogP contribution < -0.4 is 16.4 Å². The topological polar surface area (TPSA) is 123 Å². The quantitative estimate of drug-likeness (QED) is 0.434. The third kappa shape index (κ3) is 7.10. The number of piperidine rings is 2. The molecule has 4 amide bonds. The number of benzene rings is 2. The van der Waals surface area contributed by atoms with Crippen LogP contribution in [-0.2, 0) is 22.4 Å². The second-order valence-electron chi connectivity index (χ2n) is 12.4. The van der Waals surface area contributed by atoms with E-state index in [-0.39, 0.29) is 18.0 Å². The number of para-hydroxylation sites is 1. The summed E-state index contributed by atoms with van der Waals surface area (Å²) in [5, 5.41) is 6.47. The van der Waals surface area contributed by atoms with Crippen molar-refractivity contribution in [2.75, 3.05) is 70.0 Å². The molecule has 0 aromatic heterocycles. The second-order valence-corrected chi connectivity index (χ2v) is 12.4. The average molecular weight is 604 g/mol. The van der Waals surface area contributed by atoms with E-state index in [1.54, 1.807) is 17.0 Å². The highest BCUT2D eigenvalue weighted by Crippen LogP contribution is 2.25. The maximum atomic E-state index is 13.8. The minimum atomic E-state index is -0.913. The zero-order chi connectivity index (χ0) is 30.5. The van der Waals surface area contributed by atoms with Crippen molar-refractivity contribution < 1.29 is 19.1 Å². The molecular formula is C33H45N7O4. The van der Waals surface area contributed by atoms with Gasteiger partial charge in [-0.25, -0.2) is 9.59 Å². The molecular weight excluding hydrogens is 558 g/mol. The molecule has 0 spiro atoms. The molecule has 2 aromatic carbocycles. The number of nitrogens with zero attached hydrogens (tertiary/aromatic N) is 4. The van der Waals surface area contributed by atoms with Crippen LogP contribution in [0, 0.1) is 0 Å². The normalized spacial score (nSPS) is 21.3. The average Bonchev–Trinajstić information content (AvgIpc) is 3.23. The number of urea groups is 1. The number of rotatable bonds is 6. The van der Waals surface area contributed by atoms with Crippen LogP contribution in [-0.4, -0.2) is 115 Å². The molecule has 4 aliphatic rings. The summed E-state index contributed by atoms with van der Waals surface area (Å²) in [5.41, 5.74) is 9.43. The van der Waals surface area contributed by atoms with Crippen LogP contribution in [0.15, 0.2) is 48.5 Å². The minimum absolute atomic E-state index is 0.0387. The molecule has 3 saturated heterocycles. The van der Waals surface area contributed by atoms with Crippen LogP contribution in [0.5, 0.6) is 0 Å². The molecule has 0 bridgehead atoms. The monoisotopic (exact) mass is 603 g/mol. The fourth-order valence-electron chi connectivity index (χ4n) is 7.02. The molecule has 1 atom stereocenters. The van der Waals surface area contributed by atoms with Crippen molar-refractivity contribution in [1.29, 1.82) is 0 Å². The number of nitrogens with two attached hydrogens (primary N) is 1. The number of carbonyl (C=O) groups excluding carboxylic acids is 3. The fourth-order valence-corrected chi connectivity index (χ4v) is 7.02. The maximum absolute atomic E-state index is 13.8. The Morgan fingerprint density at radius 3 is 2.27 bits per heavy atom. The molecule has 0 aliphatic carbocycles. The number of hydrogen-bond donors (Lipinski definition) is 3. The molecule has 4 aliphatic heterocycles. The second kappa shape index (κ2) is 13.9. The van der Waals surface area contributed by atoms with Gasteiger partial charge in [-0.05, 0) is 74.5 Å². The van der Waals surface area contributed by atoms with E-state index in [1.165, 1.54) is 0 Å². The summed E-state index contributed by atoms with van der Waals surface area (Å²) >= 11 is 0. The van der Waals surface area contributed by atoms with Gasteiger partial charge in [0.2, 0.25) is 0 Å². The van der Waals surface area contributed by atoms with Crippen molar-refractivity contribution in [2.24, 2.45) is 0 Å². The Labute approximate surface area is 259 Å². The molecule has 3 fully saturated rings. The predicted molar refractivity (Wildman–Crippen MR) is 169 cm³/mol. The third-order valence-electron chi connectivity index (χ3n) is 9.68. The zero-order valence-electron chi connectivity index (χ0n) is 25.5. The summed E-state index contributed by atoms with van der Waals surface area (Å²) < 4.78 is 6.00. The summed E-state index contributed by atoms with van der Waals surface area (Å²) in [6, 6.07) is 15.8. The molecule has 1 unspecified atom stereocenters. The van der Waals surface area contributed by atoms with E-state index in [9.17, 15) is 14.4 Å². The first-order valence-corrected chi connectivity index (χ1v) is 16.1. The van der Waals surface area contributed by atoms with E-state index in [4.69, 9.17) is 10.5 Å². The number of likely N-dealkylation sites (tertiary alicyclic amines) is 1. The van der Waals surface area contributed by atoms with Crippen LogP contribution in [0.25, 0.3) is 0 Å². The van der Waals surface area contributed by atoms with E-state index in [0.717, 1.165) is 62.3 Å². The van der Waals surface area contributed by atoms with Crippen molar-refractivity contribution in [3.05, 3.63) is 59.7 Å². The molecule has 4 heterocycles. The first kappa shape index (κ1) is 30.2. The lowest BCUT2D eigenvalue weighted by Crippen LogP contribution is -2.56. The maximum Gasteiger partial charge on any atom is 0.410 e. The van der Waals surface area contributed by atoms with Crippen LogP contribution in [0.4, 0.5) is 21.0 Å². The Kier molecular flexibility index (Phi) is 9.51. The molecule has 6 rings (SSSR count). The van der Waals surface area contributed by atoms with E-state index in [1.807, 2.05) is 46.2 Å². The fraction of sp³-hybridized carbons (Fsp3) is 0.545. The predicted octanol–water partition coefficient (Wildman–Crippen LogP) is 2.77. The number of nitrogens with one attached hydrogen (secondary N) is 2. The zero-order valence-corrected chi connectivity index (χ0v) is 25.5. The summed E-state index contributed by atoms with van der Waals surface area (Å²) in [5.74, 6) is -0.143. The lowest BCUT2D eigenvalue weighted by atomic mass is 10.0. The highest BCUT2D eigenvalue weighted by Gasteiger charge is 2.36. The van der Waals surface area contributed by atoms with Gasteiger partial charge in [0.1, 0.15) is 0 Å². The van der Waals surface area contributed by atoms with Gasteiger partial charge >= 0.3 is 12.1 Å². The smallest absolute Gasteiger partial charge is 0.410 e. The molecule has 4 N–H and O–H groups in total. The van der Waals surface area contributed by atoms with Gasteiger partial charge in [0.25, 0.3) is 5.91 Å². The SMILES string of the molecule is Nc1ccc(CC(OC(=O)N2CCC(N3CCc4ccccc4NC3=O)CC2)C(=O)N2CCN(C3CCNCC3)CC2)cc1. The van der Waals surface area contributed by atoms with Crippen molar-refractivity contribution >= 4 is 29.4 Å². The number of piperazine rings is 1. The lowest BCUT2D eigenvalue weighted by molar-refractivity contribution is -0.143. The van der Waals surface area contributed by atoms with Gasteiger partial charge in [-0.15, -0.1) is 0 Å². The highest BCUT2D eigenvalue weighted by molar-refractivity contribution is 5.91. The van der Waals surface area contributed by atoms with Gasteiger partial charge < -0.3 is 35.8 Å². The van der Waals surface area contributed by atoms with E-state index >= 15 is 0 Å². The van der Waals surface area contributed by atoms with Gasteiger partial charge in [-0.1, -0.05) is 30.3 Å². The number of ether oxygens (including phenoxy) is 1. The molecule has 11 nitrogen and oxygen atoms in total. The molecule has 0 radical (unpaired) electrons. The Hall–Kier alpha value is -3.83. The number of hydrogen-bond acceptors (Lipinski definition) is 7. The third-order valence-corrected chi connectivity index (χ3v) is 9.68. The van der Waals surface area contributed by atoms with Crippen LogP contribution in [0.3, 0.4) is 0 Å². The first-order chi connectivity index (χ1) is 21.4. The van der Waals surface area contributed by atoms with Gasteiger partial charge in [-0.2, -0.15) is 0 Å². The number of carbonyl (C=O) groups is 3. The lowest BCUT2D eigenvalue weighted by Gasteiger charge is -2.41. The Morgan fingerprint density at radius 1 is 0.841 bits per heavy atom. The van der Waals surface area contributed by atoms with Gasteiger partial charge in [0.15, 0.2) is 6.10 Å². The summed E-state index contributed by atoms with van der Waals surface area (Å²) in [7, 11) is 0. The number of amides is 4. The molecule has 0 saturated carbocycles. The Bertz CT molecular complexity index is 1300. The van der Waals surface area contributed by atoms with Gasteiger partial charge in [0.05, 0.1) is 0 Å². The Morgan fingerprint density at radius 2 is 1.55 bits per heavy atom. The van der Waals surface area contributed by atoms with E-state index in [2.05, 4.69) is 15.5 Å². The minimum Gasteiger partial charge on any atom is -0.436 e. The van der Waals surface area contributed by atoms with E-state index in [0.29, 0.717) is 63.7 Å². The molecule has 2 aromatic rings. The summed E-state index contributed by atoms with van der Waals surface area (Å²) in [6.07, 6.45) is 3.29. The van der Waals surface area contributed by atoms with Crippen molar-refractivity contribution in [3.8, 4) is 0 Å². The molecule has 11 heteroatoms. The highest BCUT2D eigenvalue weighted by atomic mass is 16.6. The molecule has 236 valence electrons. The summed E-state index contributed by atoms with van der Waals surface area (Å²) in [4.78, 5) is 48.2. The van der Waals surface area contributed by atoms with Crippen LogP contribution in [0.2, 0.25) is 0 Å². The molecule has 44 heavy (non-hydrogen) atoms. The van der Waals surface area contributed by atoms with Crippen molar-refractivity contribution in [3.63, 3.8) is 0 Å². The largest absolute Gasteiger partial charge is 0.436 e. The Balaban J connectivity index is 1.06. The van der Waals surface area contributed by atoms with E-state index < -0.39 is 12.2 Å². The summed E-state index contributed by atoms with van der Waals surface area (Å²) in [6.45, 7) is 6.60. The van der Waals surface area contributed by atoms with Gasteiger partial charge in [-0.3, -0.25) is 9.69 Å². The number of nitrogen functional groups attached to an aromatic ring is 1. The first-order valence-electron chi connectivity index (χ1n) is 16.1. The van der Waals surface area contributed by atoms with Gasteiger partial charge in [0, 0.05) is 75.7 Å². The van der Waals surface area contributed by atoms with Crippen LogP contribution >= 0.6 is 0 Å². The van der Waals surface area contributed by atoms with Crippen LogP contribution in [0.1, 0.15) is 36.8 Å². The standard InChI is InChI=1S/C33H45N7O4/c34-26-7-5-24(6-8-26)23-30(31(41)38-21-19-37(20-22-38)27-9-14-35-15-10-27)44-33(43)39-16-12-28(13-17-39)40-18-11-25-3-1-2-4-29(25)36-32(40)42/h1-8,27-28,30,35H,9-23,34H2,(H,36,42). The van der Waals surface area contributed by atoms with Crippen molar-refractivity contribution in [2.45, 2.75) is 56.7 Å². The number of anilines is 2. The van der Waals surface area contributed by atoms with Crippen molar-refractivity contribution in [1.82, 2.24) is 24.9 Å². The number of fused-ring (bicyclic) bond motifs is 1.